The smallest absolute Gasteiger partial charge is 0.152 e. The SMILES string of the molecule is C(OCOCOCOCC1CO1)OCOCOCC1CO1. The topological polar surface area (TPSA) is 89.7 Å². The monoisotopic (exact) mass is 310 g/mol. The Morgan fingerprint density at radius 3 is 1.10 bits per heavy atom. The normalized spacial score (nSPS) is 23.4. The molecule has 124 valence electrons. The van der Waals surface area contributed by atoms with Crippen molar-refractivity contribution in [2.45, 2.75) is 12.2 Å². The van der Waals surface area contributed by atoms with Crippen molar-refractivity contribution >= 4 is 0 Å². The Hall–Kier alpha value is -0.360. The minimum absolute atomic E-state index is 0.0707. The van der Waals surface area contributed by atoms with Crippen LogP contribution in [0.15, 0.2) is 0 Å². The minimum Gasteiger partial charge on any atom is -0.371 e. The fourth-order valence-electron chi connectivity index (χ4n) is 1.21. The van der Waals surface area contributed by atoms with Crippen LogP contribution in [0.3, 0.4) is 0 Å². The number of hydrogen-bond donors (Lipinski definition) is 0. The molecule has 0 aromatic rings. The summed E-state index contributed by atoms with van der Waals surface area (Å²) in [5.41, 5.74) is 0. The van der Waals surface area contributed by atoms with Crippen molar-refractivity contribution in [2.24, 2.45) is 0 Å². The molecule has 0 aliphatic carbocycles. The second-order valence-electron chi connectivity index (χ2n) is 4.38. The van der Waals surface area contributed by atoms with E-state index in [0.29, 0.717) is 13.2 Å². The van der Waals surface area contributed by atoms with E-state index in [1.165, 1.54) is 0 Å². The van der Waals surface area contributed by atoms with E-state index in [1.54, 1.807) is 0 Å². The van der Waals surface area contributed by atoms with Gasteiger partial charge in [-0.1, -0.05) is 0 Å². The Morgan fingerprint density at radius 2 is 0.810 bits per heavy atom. The summed E-state index contributed by atoms with van der Waals surface area (Å²) in [6, 6.07) is 0. The van der Waals surface area contributed by atoms with Crippen molar-refractivity contribution in [1.29, 1.82) is 0 Å². The standard InChI is InChI=1S/C12H22O9/c1(11-3-20-11)13-5-15-7-17-9-19-10-18-8-16-6-14-2-12-4-21-12/h11-12H,1-10H2. The van der Waals surface area contributed by atoms with Crippen molar-refractivity contribution in [3.63, 3.8) is 0 Å². The van der Waals surface area contributed by atoms with E-state index in [4.69, 9.17) is 42.6 Å². The van der Waals surface area contributed by atoms with Crippen molar-refractivity contribution in [3.8, 4) is 0 Å². The van der Waals surface area contributed by atoms with E-state index in [-0.39, 0.29) is 53.0 Å². The van der Waals surface area contributed by atoms with Gasteiger partial charge in [-0.15, -0.1) is 0 Å². The van der Waals surface area contributed by atoms with Gasteiger partial charge in [0.1, 0.15) is 25.8 Å². The Kier molecular flexibility index (Phi) is 9.10. The summed E-state index contributed by atoms with van der Waals surface area (Å²) in [6.45, 7) is 3.35. The van der Waals surface area contributed by atoms with Crippen LogP contribution < -0.4 is 0 Å². The van der Waals surface area contributed by atoms with Crippen LogP contribution in [-0.2, 0) is 42.6 Å². The Bertz CT molecular complexity index is 221. The molecule has 2 rings (SSSR count). The molecule has 0 radical (unpaired) electrons. The van der Waals surface area contributed by atoms with E-state index in [0.717, 1.165) is 13.2 Å². The number of hydrogen-bond acceptors (Lipinski definition) is 9. The zero-order valence-electron chi connectivity index (χ0n) is 11.9. The van der Waals surface area contributed by atoms with Crippen LogP contribution in [0.1, 0.15) is 0 Å². The molecule has 0 amide bonds. The summed E-state index contributed by atoms with van der Waals surface area (Å²) in [5, 5.41) is 0. The minimum atomic E-state index is 0.0707. The lowest BCUT2D eigenvalue weighted by atomic mass is 10.5. The first-order valence-electron chi connectivity index (χ1n) is 6.72. The van der Waals surface area contributed by atoms with Gasteiger partial charge >= 0.3 is 0 Å². The molecule has 2 aliphatic rings. The van der Waals surface area contributed by atoms with E-state index >= 15 is 0 Å². The zero-order chi connectivity index (χ0) is 14.6. The lowest BCUT2D eigenvalue weighted by Crippen LogP contribution is -2.12. The third-order valence-corrected chi connectivity index (χ3v) is 2.41. The van der Waals surface area contributed by atoms with Gasteiger partial charge in [0.2, 0.25) is 0 Å². The van der Waals surface area contributed by atoms with Gasteiger partial charge < -0.3 is 42.6 Å². The predicted octanol–water partition coefficient (Wildman–Crippen LogP) is -0.355. The molecule has 2 saturated heterocycles. The zero-order valence-corrected chi connectivity index (χ0v) is 11.9. The van der Waals surface area contributed by atoms with Gasteiger partial charge in [0.25, 0.3) is 0 Å². The molecule has 9 nitrogen and oxygen atoms in total. The first-order chi connectivity index (χ1) is 10.4. The van der Waals surface area contributed by atoms with Gasteiger partial charge in [0.15, 0.2) is 27.2 Å². The molecule has 2 unspecified atom stereocenters. The van der Waals surface area contributed by atoms with Gasteiger partial charge in [0.05, 0.1) is 26.4 Å². The molecular weight excluding hydrogens is 288 g/mol. The van der Waals surface area contributed by atoms with Crippen molar-refractivity contribution in [2.75, 3.05) is 67.2 Å². The number of epoxide rings is 2. The highest BCUT2D eigenvalue weighted by molar-refractivity contribution is 4.66. The van der Waals surface area contributed by atoms with E-state index in [2.05, 4.69) is 0 Å². The Labute approximate surface area is 123 Å². The van der Waals surface area contributed by atoms with E-state index in [9.17, 15) is 0 Å². The van der Waals surface area contributed by atoms with Crippen molar-refractivity contribution in [3.05, 3.63) is 0 Å². The van der Waals surface area contributed by atoms with Gasteiger partial charge in [0, 0.05) is 0 Å². The summed E-state index contributed by atoms with van der Waals surface area (Å²) in [5.74, 6) is 0. The summed E-state index contributed by atoms with van der Waals surface area (Å²) in [7, 11) is 0. The van der Waals surface area contributed by atoms with Crippen LogP contribution in [0.4, 0.5) is 0 Å². The summed E-state index contributed by atoms with van der Waals surface area (Å²) in [4.78, 5) is 0. The molecule has 0 saturated carbocycles. The molecule has 0 N–H and O–H groups in total. The molecule has 21 heavy (non-hydrogen) atoms. The third-order valence-electron chi connectivity index (χ3n) is 2.41. The maximum Gasteiger partial charge on any atom is 0.152 e. The Morgan fingerprint density at radius 1 is 0.524 bits per heavy atom. The maximum atomic E-state index is 5.14. The van der Waals surface area contributed by atoms with Crippen molar-refractivity contribution in [1.82, 2.24) is 0 Å². The largest absolute Gasteiger partial charge is 0.371 e. The number of ether oxygens (including phenoxy) is 9. The molecule has 9 heteroatoms. The van der Waals surface area contributed by atoms with Crippen LogP contribution in [0.5, 0.6) is 0 Å². The lowest BCUT2D eigenvalue weighted by Gasteiger charge is -2.08. The van der Waals surface area contributed by atoms with Crippen LogP contribution in [0.25, 0.3) is 0 Å². The highest BCUT2D eigenvalue weighted by atomic mass is 16.8. The van der Waals surface area contributed by atoms with Gasteiger partial charge in [-0.3, -0.25) is 0 Å². The summed E-state index contributed by atoms with van der Waals surface area (Å²) in [6.07, 6.45) is 0.481. The molecular formula is C12H22O9. The molecule has 2 fully saturated rings. The molecule has 2 heterocycles. The number of rotatable bonds is 16. The average Bonchev–Trinajstić information content (AvgIpc) is 3.37. The molecule has 0 aromatic heterocycles. The highest BCUT2D eigenvalue weighted by Crippen LogP contribution is 2.08. The predicted molar refractivity (Wildman–Crippen MR) is 66.0 cm³/mol. The molecule has 2 atom stereocenters. The van der Waals surface area contributed by atoms with Crippen molar-refractivity contribution < 1.29 is 42.6 Å². The van der Waals surface area contributed by atoms with Gasteiger partial charge in [-0.25, -0.2) is 0 Å². The quantitative estimate of drug-likeness (QED) is 0.215. The second-order valence-corrected chi connectivity index (χ2v) is 4.38. The van der Waals surface area contributed by atoms with Gasteiger partial charge in [-0.05, 0) is 0 Å². The molecule has 0 spiro atoms. The van der Waals surface area contributed by atoms with Gasteiger partial charge in [-0.2, -0.15) is 0 Å². The van der Waals surface area contributed by atoms with Crippen LogP contribution >= 0.6 is 0 Å². The first-order valence-corrected chi connectivity index (χ1v) is 6.72. The second kappa shape index (κ2) is 11.2. The molecule has 0 aromatic carbocycles. The third kappa shape index (κ3) is 10.9. The van der Waals surface area contributed by atoms with E-state index in [1.807, 2.05) is 0 Å². The average molecular weight is 310 g/mol. The van der Waals surface area contributed by atoms with Crippen LogP contribution in [0, 0.1) is 0 Å². The summed E-state index contributed by atoms with van der Waals surface area (Å²) < 4.78 is 45.3. The van der Waals surface area contributed by atoms with Crippen LogP contribution in [-0.4, -0.2) is 79.4 Å². The first kappa shape index (κ1) is 17.0. The lowest BCUT2D eigenvalue weighted by molar-refractivity contribution is -0.215. The maximum absolute atomic E-state index is 5.14. The fourth-order valence-corrected chi connectivity index (χ4v) is 1.21. The fraction of sp³-hybridized carbons (Fsp3) is 1.00. The van der Waals surface area contributed by atoms with Crippen LogP contribution in [0.2, 0.25) is 0 Å². The highest BCUT2D eigenvalue weighted by Gasteiger charge is 2.22. The molecule has 2 aliphatic heterocycles. The summed E-state index contributed by atoms with van der Waals surface area (Å²) >= 11 is 0. The van der Waals surface area contributed by atoms with E-state index < -0.39 is 0 Å². The molecule has 0 bridgehead atoms. The Balaban J connectivity index is 1.16.